The Labute approximate surface area is 183 Å². The molecule has 3 heterocycles. The van der Waals surface area contributed by atoms with Gasteiger partial charge in [-0.25, -0.2) is 4.39 Å². The zero-order chi connectivity index (χ0) is 21.1. The Morgan fingerprint density at radius 1 is 1.27 bits per heavy atom. The molecule has 1 aliphatic heterocycles. The Bertz CT molecular complexity index is 1040. The summed E-state index contributed by atoms with van der Waals surface area (Å²) in [5.74, 6) is -0.483. The maximum atomic E-state index is 13.1. The molecule has 1 aliphatic rings. The standard InChI is InChI=1S/C22H21FN4OS2/c1-14-10-13-30-21(14)20-19(17-4-2-3-11-24-17)26-22(29)27(20)12-9-18(28)25-16-7-5-15(23)6-8-16/h2-8,10-11,13,19-20H,9,12H2,1H3,(H,25,28)(H,26,29)/t19-,20-/m1/s1. The number of hydrogen-bond acceptors (Lipinski definition) is 4. The number of carbonyl (C=O) groups excluding carboxylic acids is 1. The molecule has 2 N–H and O–H groups in total. The van der Waals surface area contributed by atoms with E-state index in [4.69, 9.17) is 12.2 Å². The lowest BCUT2D eigenvalue weighted by Gasteiger charge is -2.27. The number of nitrogens with one attached hydrogen (secondary N) is 2. The van der Waals surface area contributed by atoms with E-state index in [0.717, 1.165) is 5.69 Å². The van der Waals surface area contributed by atoms with E-state index in [1.54, 1.807) is 29.7 Å². The van der Waals surface area contributed by atoms with E-state index in [2.05, 4.69) is 38.9 Å². The molecular formula is C22H21FN4OS2. The molecule has 5 nitrogen and oxygen atoms in total. The summed E-state index contributed by atoms with van der Waals surface area (Å²) >= 11 is 7.31. The van der Waals surface area contributed by atoms with Crippen molar-refractivity contribution in [2.24, 2.45) is 0 Å². The van der Waals surface area contributed by atoms with Crippen molar-refractivity contribution in [3.05, 3.63) is 82.1 Å². The first-order chi connectivity index (χ1) is 14.5. The molecule has 3 aromatic rings. The summed E-state index contributed by atoms with van der Waals surface area (Å²) in [6.07, 6.45) is 2.03. The molecule has 0 unspecified atom stereocenters. The zero-order valence-corrected chi connectivity index (χ0v) is 18.0. The fourth-order valence-electron chi connectivity index (χ4n) is 3.60. The Kier molecular flexibility index (Phi) is 6.06. The highest BCUT2D eigenvalue weighted by Crippen LogP contribution is 2.41. The monoisotopic (exact) mass is 440 g/mol. The first kappa shape index (κ1) is 20.4. The third-order valence-corrected chi connectivity index (χ3v) is 6.52. The number of nitrogens with zero attached hydrogens (tertiary/aromatic N) is 2. The van der Waals surface area contributed by atoms with Crippen molar-refractivity contribution in [1.29, 1.82) is 0 Å². The van der Waals surface area contributed by atoms with Crippen LogP contribution in [0.1, 0.15) is 34.6 Å². The lowest BCUT2D eigenvalue weighted by atomic mass is 10.0. The van der Waals surface area contributed by atoms with Gasteiger partial charge in [0.1, 0.15) is 5.82 Å². The third-order valence-electron chi connectivity index (χ3n) is 5.08. The Morgan fingerprint density at radius 3 is 2.73 bits per heavy atom. The molecule has 4 rings (SSSR count). The number of aryl methyl sites for hydroxylation is 1. The first-order valence-electron chi connectivity index (χ1n) is 9.60. The minimum atomic E-state index is -0.337. The molecule has 0 radical (unpaired) electrons. The van der Waals surface area contributed by atoms with Crippen LogP contribution in [0.5, 0.6) is 0 Å². The van der Waals surface area contributed by atoms with Crippen molar-refractivity contribution in [3.8, 4) is 0 Å². The second-order valence-electron chi connectivity index (χ2n) is 7.09. The van der Waals surface area contributed by atoms with E-state index in [1.165, 1.54) is 22.6 Å². The molecule has 8 heteroatoms. The number of aromatic nitrogens is 1. The van der Waals surface area contributed by atoms with Crippen LogP contribution in [0.3, 0.4) is 0 Å². The lowest BCUT2D eigenvalue weighted by molar-refractivity contribution is -0.116. The number of amides is 1. The van der Waals surface area contributed by atoms with Crippen LogP contribution >= 0.6 is 23.6 Å². The van der Waals surface area contributed by atoms with Gasteiger partial charge in [-0.3, -0.25) is 9.78 Å². The summed E-state index contributed by atoms with van der Waals surface area (Å²) in [6, 6.07) is 13.5. The van der Waals surface area contributed by atoms with Crippen LogP contribution in [0.25, 0.3) is 0 Å². The maximum Gasteiger partial charge on any atom is 0.226 e. The van der Waals surface area contributed by atoms with Gasteiger partial charge in [0.05, 0.1) is 17.8 Å². The smallest absolute Gasteiger partial charge is 0.226 e. The fourth-order valence-corrected chi connectivity index (χ4v) is 5.00. The fraction of sp³-hybridized carbons (Fsp3) is 0.227. The molecule has 0 spiro atoms. The number of hydrogen-bond donors (Lipinski definition) is 2. The summed E-state index contributed by atoms with van der Waals surface area (Å²) in [5.41, 5.74) is 2.68. The normalized spacial score (nSPS) is 18.3. The van der Waals surface area contributed by atoms with Crippen molar-refractivity contribution in [1.82, 2.24) is 15.2 Å². The molecule has 30 heavy (non-hydrogen) atoms. The van der Waals surface area contributed by atoms with Crippen LogP contribution < -0.4 is 10.6 Å². The summed E-state index contributed by atoms with van der Waals surface area (Å²) in [5, 5.41) is 8.88. The minimum absolute atomic E-state index is 0.0361. The average molecular weight is 441 g/mol. The molecule has 2 aromatic heterocycles. The molecule has 154 valence electrons. The van der Waals surface area contributed by atoms with E-state index in [9.17, 15) is 9.18 Å². The maximum absolute atomic E-state index is 13.1. The van der Waals surface area contributed by atoms with Crippen LogP contribution in [-0.2, 0) is 4.79 Å². The number of halogens is 1. The highest BCUT2D eigenvalue weighted by atomic mass is 32.1. The summed E-state index contributed by atoms with van der Waals surface area (Å²) in [4.78, 5) is 20.3. The number of thiocarbonyl (C=S) groups is 1. The van der Waals surface area contributed by atoms with Gasteiger partial charge in [-0.2, -0.15) is 0 Å². The average Bonchev–Trinajstić information content (AvgIpc) is 3.31. The third kappa shape index (κ3) is 4.34. The van der Waals surface area contributed by atoms with Gasteiger partial charge in [0.2, 0.25) is 5.91 Å². The molecule has 0 aliphatic carbocycles. The van der Waals surface area contributed by atoms with Gasteiger partial charge in [-0.15, -0.1) is 11.3 Å². The van der Waals surface area contributed by atoms with Crippen LogP contribution in [0.15, 0.2) is 60.1 Å². The van der Waals surface area contributed by atoms with Gasteiger partial charge in [-0.1, -0.05) is 6.07 Å². The van der Waals surface area contributed by atoms with Crippen molar-refractivity contribution >= 4 is 40.3 Å². The summed E-state index contributed by atoms with van der Waals surface area (Å²) in [7, 11) is 0. The van der Waals surface area contributed by atoms with Crippen LogP contribution in [0, 0.1) is 12.7 Å². The molecule has 1 saturated heterocycles. The van der Waals surface area contributed by atoms with Crippen molar-refractivity contribution in [2.45, 2.75) is 25.4 Å². The number of anilines is 1. The largest absolute Gasteiger partial charge is 0.352 e. The Morgan fingerprint density at radius 2 is 2.07 bits per heavy atom. The number of carbonyl (C=O) groups is 1. The number of rotatable bonds is 6. The molecular weight excluding hydrogens is 419 g/mol. The number of thiophene rings is 1. The number of pyridine rings is 1. The SMILES string of the molecule is Cc1ccsc1[C@H]1[C@@H](c2ccccn2)NC(=S)N1CCC(=O)Nc1ccc(F)cc1. The Balaban J connectivity index is 1.52. The van der Waals surface area contributed by atoms with E-state index in [-0.39, 0.29) is 30.2 Å². The lowest BCUT2D eigenvalue weighted by Crippen LogP contribution is -2.32. The van der Waals surface area contributed by atoms with Crippen molar-refractivity contribution in [3.63, 3.8) is 0 Å². The van der Waals surface area contributed by atoms with E-state index in [1.807, 2.05) is 18.2 Å². The molecule has 0 saturated carbocycles. The highest BCUT2D eigenvalue weighted by molar-refractivity contribution is 7.80. The molecule has 1 amide bonds. The van der Waals surface area contributed by atoms with Gasteiger partial charge in [0.25, 0.3) is 0 Å². The van der Waals surface area contributed by atoms with Gasteiger partial charge in [0, 0.05) is 29.7 Å². The first-order valence-corrected chi connectivity index (χ1v) is 10.9. The molecule has 2 atom stereocenters. The van der Waals surface area contributed by atoms with Gasteiger partial charge in [-0.05, 0) is 72.5 Å². The second-order valence-corrected chi connectivity index (χ2v) is 8.43. The van der Waals surface area contributed by atoms with Crippen LogP contribution in [0.2, 0.25) is 0 Å². The minimum Gasteiger partial charge on any atom is -0.352 e. The molecule has 1 aromatic carbocycles. The van der Waals surface area contributed by atoms with E-state index < -0.39 is 0 Å². The van der Waals surface area contributed by atoms with Gasteiger partial charge >= 0.3 is 0 Å². The quantitative estimate of drug-likeness (QED) is 0.549. The highest BCUT2D eigenvalue weighted by Gasteiger charge is 2.40. The van der Waals surface area contributed by atoms with Crippen molar-refractivity contribution in [2.75, 3.05) is 11.9 Å². The van der Waals surface area contributed by atoms with Crippen molar-refractivity contribution < 1.29 is 9.18 Å². The summed E-state index contributed by atoms with van der Waals surface area (Å²) < 4.78 is 13.1. The molecule has 0 bridgehead atoms. The topological polar surface area (TPSA) is 57.3 Å². The zero-order valence-electron chi connectivity index (χ0n) is 16.3. The predicted molar refractivity (Wildman–Crippen MR) is 121 cm³/mol. The van der Waals surface area contributed by atoms with Crippen LogP contribution in [-0.4, -0.2) is 27.4 Å². The van der Waals surface area contributed by atoms with Gasteiger partial charge < -0.3 is 15.5 Å². The molecule has 1 fully saturated rings. The van der Waals surface area contributed by atoms with E-state index >= 15 is 0 Å². The summed E-state index contributed by atoms with van der Waals surface area (Å²) in [6.45, 7) is 2.55. The predicted octanol–water partition coefficient (Wildman–Crippen LogP) is 4.59. The van der Waals surface area contributed by atoms with E-state index in [0.29, 0.717) is 17.3 Å². The second kappa shape index (κ2) is 8.89. The van der Waals surface area contributed by atoms with Gasteiger partial charge in [0.15, 0.2) is 5.11 Å². The number of benzene rings is 1. The Hall–Kier alpha value is -2.84. The van der Waals surface area contributed by atoms with Crippen LogP contribution in [0.4, 0.5) is 10.1 Å².